The number of amides is 2. The Morgan fingerprint density at radius 2 is 1.65 bits per heavy atom. The van der Waals surface area contributed by atoms with Crippen molar-refractivity contribution in [2.75, 3.05) is 33.9 Å². The van der Waals surface area contributed by atoms with Crippen LogP contribution in [0.4, 0.5) is 0 Å². The van der Waals surface area contributed by atoms with Gasteiger partial charge in [-0.3, -0.25) is 9.59 Å². The van der Waals surface area contributed by atoms with E-state index in [-0.39, 0.29) is 11.8 Å². The number of carbonyl (C=O) groups is 2. The van der Waals surface area contributed by atoms with Crippen molar-refractivity contribution in [3.63, 3.8) is 0 Å². The molecular formula is C28H29N5O4. The number of piperazine rings is 1. The summed E-state index contributed by atoms with van der Waals surface area (Å²) in [4.78, 5) is 34.6. The molecule has 37 heavy (non-hydrogen) atoms. The number of hydrogen-bond acceptors (Lipinski definition) is 6. The Kier molecular flexibility index (Phi) is 6.29. The Morgan fingerprint density at radius 3 is 2.35 bits per heavy atom. The van der Waals surface area contributed by atoms with Gasteiger partial charge in [-0.2, -0.15) is 5.10 Å². The number of carbonyl (C=O) groups excluding carboxylic acids is 2. The van der Waals surface area contributed by atoms with Gasteiger partial charge in [-0.05, 0) is 50.2 Å². The second kappa shape index (κ2) is 9.57. The monoisotopic (exact) mass is 499 g/mol. The van der Waals surface area contributed by atoms with Gasteiger partial charge in [-0.25, -0.2) is 9.50 Å². The number of rotatable bonds is 5. The molecule has 5 rings (SSSR count). The van der Waals surface area contributed by atoms with Gasteiger partial charge in [0.2, 0.25) is 0 Å². The summed E-state index contributed by atoms with van der Waals surface area (Å²) in [5, 5.41) is 4.62. The van der Waals surface area contributed by atoms with Crippen molar-refractivity contribution < 1.29 is 19.1 Å². The molecule has 0 aliphatic carbocycles. The molecule has 0 radical (unpaired) electrons. The molecule has 2 aromatic carbocycles. The maximum absolute atomic E-state index is 13.5. The average molecular weight is 500 g/mol. The van der Waals surface area contributed by atoms with Crippen LogP contribution in [-0.2, 0) is 0 Å². The highest BCUT2D eigenvalue weighted by molar-refractivity contribution is 5.96. The van der Waals surface area contributed by atoms with Crippen LogP contribution in [0.15, 0.2) is 66.9 Å². The SMILES string of the molecule is COc1ccc(-c2ccnc3cc(C(=O)N4CCN(C(=O)c5ccccc5)C(C)(C)C4)nn23)cc1OC. The number of ether oxygens (including phenoxy) is 2. The third-order valence-electron chi connectivity index (χ3n) is 6.71. The van der Waals surface area contributed by atoms with E-state index in [1.54, 1.807) is 35.9 Å². The molecule has 4 aromatic rings. The molecule has 1 aliphatic heterocycles. The molecule has 3 heterocycles. The van der Waals surface area contributed by atoms with Gasteiger partial charge in [0.05, 0.1) is 25.5 Å². The summed E-state index contributed by atoms with van der Waals surface area (Å²) in [6, 6.07) is 18.4. The summed E-state index contributed by atoms with van der Waals surface area (Å²) < 4.78 is 12.5. The average Bonchev–Trinajstić information content (AvgIpc) is 3.36. The Labute approximate surface area is 215 Å². The minimum Gasteiger partial charge on any atom is -0.493 e. The highest BCUT2D eigenvalue weighted by atomic mass is 16.5. The number of nitrogens with zero attached hydrogens (tertiary/aromatic N) is 5. The lowest BCUT2D eigenvalue weighted by molar-refractivity contribution is 0.0166. The quantitative estimate of drug-likeness (QED) is 0.415. The molecule has 0 saturated carbocycles. The van der Waals surface area contributed by atoms with Gasteiger partial charge in [-0.1, -0.05) is 18.2 Å². The van der Waals surface area contributed by atoms with E-state index in [4.69, 9.17) is 9.47 Å². The smallest absolute Gasteiger partial charge is 0.274 e. The summed E-state index contributed by atoms with van der Waals surface area (Å²) in [5.74, 6) is 0.997. The van der Waals surface area contributed by atoms with E-state index < -0.39 is 5.54 Å². The molecule has 0 spiro atoms. The van der Waals surface area contributed by atoms with E-state index in [9.17, 15) is 9.59 Å². The van der Waals surface area contributed by atoms with E-state index in [1.807, 2.05) is 73.3 Å². The maximum Gasteiger partial charge on any atom is 0.274 e. The predicted octanol–water partition coefficient (Wildman–Crippen LogP) is 3.79. The lowest BCUT2D eigenvalue weighted by atomic mass is 9.97. The molecule has 0 unspecified atom stereocenters. The molecule has 1 aliphatic rings. The van der Waals surface area contributed by atoms with Crippen LogP contribution in [0, 0.1) is 0 Å². The molecule has 9 heteroatoms. The third kappa shape index (κ3) is 4.48. The number of methoxy groups -OCH3 is 2. The molecule has 1 fully saturated rings. The minimum atomic E-state index is -0.539. The second-order valence-electron chi connectivity index (χ2n) is 9.56. The summed E-state index contributed by atoms with van der Waals surface area (Å²) in [6.07, 6.45) is 1.69. The van der Waals surface area contributed by atoms with Crippen LogP contribution in [0.25, 0.3) is 16.9 Å². The molecule has 0 atom stereocenters. The number of aromatic nitrogens is 3. The van der Waals surface area contributed by atoms with Crippen molar-refractivity contribution in [3.05, 3.63) is 78.1 Å². The van der Waals surface area contributed by atoms with Crippen LogP contribution in [0.5, 0.6) is 11.5 Å². The molecule has 0 bridgehead atoms. The first-order valence-electron chi connectivity index (χ1n) is 12.1. The van der Waals surface area contributed by atoms with Crippen molar-refractivity contribution in [2.45, 2.75) is 19.4 Å². The fourth-order valence-corrected chi connectivity index (χ4v) is 4.82. The molecule has 1 saturated heterocycles. The second-order valence-corrected chi connectivity index (χ2v) is 9.56. The maximum atomic E-state index is 13.5. The Hall–Kier alpha value is -4.40. The highest BCUT2D eigenvalue weighted by Gasteiger charge is 2.39. The molecule has 9 nitrogen and oxygen atoms in total. The molecule has 2 aromatic heterocycles. The van der Waals surface area contributed by atoms with Crippen molar-refractivity contribution in [3.8, 4) is 22.8 Å². The van der Waals surface area contributed by atoms with E-state index in [2.05, 4.69) is 10.1 Å². The summed E-state index contributed by atoms with van der Waals surface area (Å²) in [5.41, 5.74) is 2.59. The first-order chi connectivity index (χ1) is 17.8. The topological polar surface area (TPSA) is 89.3 Å². The van der Waals surface area contributed by atoms with Crippen LogP contribution in [0.2, 0.25) is 0 Å². The van der Waals surface area contributed by atoms with Gasteiger partial charge in [0.1, 0.15) is 0 Å². The summed E-state index contributed by atoms with van der Waals surface area (Å²) in [7, 11) is 3.18. The lowest BCUT2D eigenvalue weighted by Gasteiger charge is -2.47. The Bertz CT molecular complexity index is 1460. The normalized spacial score (nSPS) is 15.0. The standard InChI is InChI=1S/C28H29N5O4/c1-28(2)18-31(14-15-32(28)26(34)19-8-6-5-7-9-19)27(35)21-17-25-29-13-12-22(33(25)30-21)20-10-11-23(36-3)24(16-20)37-4/h5-13,16-17H,14-15,18H2,1-4H3. The largest absolute Gasteiger partial charge is 0.493 e. The van der Waals surface area contributed by atoms with Gasteiger partial charge in [0.25, 0.3) is 11.8 Å². The fourth-order valence-electron chi connectivity index (χ4n) is 4.82. The number of hydrogen-bond donors (Lipinski definition) is 0. The van der Waals surface area contributed by atoms with E-state index in [0.717, 1.165) is 11.3 Å². The molecular weight excluding hydrogens is 470 g/mol. The Morgan fingerprint density at radius 1 is 0.892 bits per heavy atom. The first-order valence-corrected chi connectivity index (χ1v) is 12.1. The van der Waals surface area contributed by atoms with E-state index in [0.29, 0.717) is 48.0 Å². The van der Waals surface area contributed by atoms with Crippen LogP contribution >= 0.6 is 0 Å². The van der Waals surface area contributed by atoms with Crippen LogP contribution < -0.4 is 9.47 Å². The first kappa shape index (κ1) is 24.3. The minimum absolute atomic E-state index is 0.0332. The van der Waals surface area contributed by atoms with Gasteiger partial charge in [-0.15, -0.1) is 0 Å². The van der Waals surface area contributed by atoms with Crippen molar-refractivity contribution in [1.82, 2.24) is 24.4 Å². The fraction of sp³-hybridized carbons (Fsp3) is 0.286. The number of benzene rings is 2. The van der Waals surface area contributed by atoms with Gasteiger partial charge < -0.3 is 19.3 Å². The molecule has 0 N–H and O–H groups in total. The highest BCUT2D eigenvalue weighted by Crippen LogP contribution is 2.32. The predicted molar refractivity (Wildman–Crippen MR) is 139 cm³/mol. The van der Waals surface area contributed by atoms with Crippen LogP contribution in [0.3, 0.4) is 0 Å². The molecule has 190 valence electrons. The lowest BCUT2D eigenvalue weighted by Crippen LogP contribution is -2.62. The van der Waals surface area contributed by atoms with Crippen LogP contribution in [0.1, 0.15) is 34.7 Å². The third-order valence-corrected chi connectivity index (χ3v) is 6.71. The zero-order chi connectivity index (χ0) is 26.2. The van der Waals surface area contributed by atoms with Crippen molar-refractivity contribution >= 4 is 17.5 Å². The van der Waals surface area contributed by atoms with Gasteiger partial charge >= 0.3 is 0 Å². The van der Waals surface area contributed by atoms with Crippen molar-refractivity contribution in [1.29, 1.82) is 0 Å². The van der Waals surface area contributed by atoms with E-state index >= 15 is 0 Å². The number of fused-ring (bicyclic) bond motifs is 1. The van der Waals surface area contributed by atoms with E-state index in [1.165, 1.54) is 0 Å². The molecule has 2 amide bonds. The zero-order valence-electron chi connectivity index (χ0n) is 21.3. The van der Waals surface area contributed by atoms with Crippen LogP contribution in [-0.4, -0.2) is 75.6 Å². The van der Waals surface area contributed by atoms with Crippen molar-refractivity contribution in [2.24, 2.45) is 0 Å². The van der Waals surface area contributed by atoms with Gasteiger partial charge in [0, 0.05) is 43.0 Å². The van der Waals surface area contributed by atoms with Gasteiger partial charge in [0.15, 0.2) is 22.8 Å². The summed E-state index contributed by atoms with van der Waals surface area (Å²) in [6.45, 7) is 5.22. The zero-order valence-corrected chi connectivity index (χ0v) is 21.3. The Balaban J connectivity index is 1.40. The summed E-state index contributed by atoms with van der Waals surface area (Å²) >= 11 is 0.